The first-order chi connectivity index (χ1) is 9.35. The van der Waals surface area contributed by atoms with Crippen molar-refractivity contribution in [3.63, 3.8) is 0 Å². The van der Waals surface area contributed by atoms with Crippen molar-refractivity contribution in [3.05, 3.63) is 29.3 Å². The lowest BCUT2D eigenvalue weighted by atomic mass is 9.87. The molecule has 0 bridgehead atoms. The molecule has 20 heavy (non-hydrogen) atoms. The molecular formula is C17H28N2O. The molecule has 0 heterocycles. The van der Waals surface area contributed by atoms with Gasteiger partial charge in [0, 0.05) is 17.8 Å². The van der Waals surface area contributed by atoms with E-state index in [1.165, 1.54) is 19.3 Å². The lowest BCUT2D eigenvalue weighted by Crippen LogP contribution is -2.34. The van der Waals surface area contributed by atoms with Crippen molar-refractivity contribution in [1.82, 2.24) is 5.32 Å². The van der Waals surface area contributed by atoms with E-state index in [2.05, 4.69) is 26.1 Å². The largest absolute Gasteiger partial charge is 0.399 e. The number of hydrogen-bond acceptors (Lipinski definition) is 2. The first-order valence-corrected chi connectivity index (χ1v) is 7.50. The first-order valence-electron chi connectivity index (χ1n) is 7.50. The predicted octanol–water partition coefficient (Wildman–Crippen LogP) is 3.91. The zero-order valence-corrected chi connectivity index (χ0v) is 13.3. The average Bonchev–Trinajstić information content (AvgIpc) is 2.36. The van der Waals surface area contributed by atoms with Crippen LogP contribution in [0.15, 0.2) is 18.2 Å². The molecule has 0 spiro atoms. The van der Waals surface area contributed by atoms with Gasteiger partial charge in [-0.25, -0.2) is 0 Å². The van der Waals surface area contributed by atoms with Crippen molar-refractivity contribution in [1.29, 1.82) is 0 Å². The van der Waals surface area contributed by atoms with Crippen LogP contribution in [0.1, 0.15) is 62.4 Å². The number of carbonyl (C=O) groups excluding carboxylic acids is 1. The highest BCUT2D eigenvalue weighted by molar-refractivity contribution is 5.96. The minimum Gasteiger partial charge on any atom is -0.399 e. The highest BCUT2D eigenvalue weighted by Crippen LogP contribution is 2.23. The second-order valence-electron chi connectivity index (χ2n) is 6.38. The van der Waals surface area contributed by atoms with Crippen LogP contribution in [0.5, 0.6) is 0 Å². The summed E-state index contributed by atoms with van der Waals surface area (Å²) < 4.78 is 0. The summed E-state index contributed by atoms with van der Waals surface area (Å²) in [5, 5.41) is 3.05. The summed E-state index contributed by atoms with van der Waals surface area (Å²) in [4.78, 5) is 12.2. The summed E-state index contributed by atoms with van der Waals surface area (Å²) in [6, 6.07) is 5.40. The summed E-state index contributed by atoms with van der Waals surface area (Å²) in [5.41, 5.74) is 8.18. The van der Waals surface area contributed by atoms with Crippen LogP contribution in [-0.4, -0.2) is 12.5 Å². The quantitative estimate of drug-likeness (QED) is 0.586. The molecular weight excluding hydrogens is 248 g/mol. The Kier molecular flexibility index (Phi) is 6.05. The maximum Gasteiger partial charge on any atom is 0.251 e. The van der Waals surface area contributed by atoms with Gasteiger partial charge in [-0.2, -0.15) is 0 Å². The molecule has 0 saturated heterocycles. The number of hydrogen-bond donors (Lipinski definition) is 2. The van der Waals surface area contributed by atoms with Crippen LogP contribution in [-0.2, 0) is 0 Å². The van der Waals surface area contributed by atoms with E-state index in [-0.39, 0.29) is 11.3 Å². The fourth-order valence-electron chi connectivity index (χ4n) is 2.30. The Morgan fingerprint density at radius 2 is 2.00 bits per heavy atom. The maximum atomic E-state index is 12.2. The van der Waals surface area contributed by atoms with Crippen LogP contribution in [0.4, 0.5) is 5.69 Å². The van der Waals surface area contributed by atoms with E-state index in [1.807, 2.05) is 13.0 Å². The Balaban J connectivity index is 2.54. The van der Waals surface area contributed by atoms with Crippen LogP contribution < -0.4 is 11.1 Å². The topological polar surface area (TPSA) is 55.1 Å². The summed E-state index contributed by atoms with van der Waals surface area (Å²) in [6.45, 7) is 9.24. The Morgan fingerprint density at radius 1 is 1.30 bits per heavy atom. The molecule has 1 aromatic rings. The number of nitrogens with two attached hydrogens (primary N) is 1. The van der Waals surface area contributed by atoms with Crippen LogP contribution in [0, 0.1) is 12.3 Å². The Labute approximate surface area is 122 Å². The molecule has 3 nitrogen and oxygen atoms in total. The fraction of sp³-hybridized carbons (Fsp3) is 0.588. The predicted molar refractivity (Wildman–Crippen MR) is 85.8 cm³/mol. The van der Waals surface area contributed by atoms with Gasteiger partial charge in [-0.15, -0.1) is 0 Å². The lowest BCUT2D eigenvalue weighted by molar-refractivity contribution is 0.0933. The third kappa shape index (κ3) is 5.24. The highest BCUT2D eigenvalue weighted by atomic mass is 16.1. The van der Waals surface area contributed by atoms with Crippen molar-refractivity contribution in [2.24, 2.45) is 5.41 Å². The van der Waals surface area contributed by atoms with Crippen molar-refractivity contribution >= 4 is 11.6 Å². The van der Waals surface area contributed by atoms with Crippen molar-refractivity contribution in [3.8, 4) is 0 Å². The van der Waals surface area contributed by atoms with Gasteiger partial charge in [-0.05, 0) is 42.5 Å². The second kappa shape index (κ2) is 7.32. The van der Waals surface area contributed by atoms with E-state index in [0.717, 1.165) is 12.0 Å². The molecule has 0 aliphatic heterocycles. The number of nitrogens with one attached hydrogen (secondary N) is 1. The Bertz CT molecular complexity index is 452. The second-order valence-corrected chi connectivity index (χ2v) is 6.38. The third-order valence-electron chi connectivity index (χ3n) is 3.68. The van der Waals surface area contributed by atoms with Gasteiger partial charge in [0.05, 0.1) is 0 Å². The van der Waals surface area contributed by atoms with Crippen LogP contribution in [0.25, 0.3) is 0 Å². The molecule has 1 aromatic carbocycles. The molecule has 0 aliphatic rings. The van der Waals surface area contributed by atoms with E-state index >= 15 is 0 Å². The number of anilines is 1. The monoisotopic (exact) mass is 276 g/mol. The van der Waals surface area contributed by atoms with E-state index in [1.54, 1.807) is 12.1 Å². The maximum absolute atomic E-state index is 12.2. The number of aryl methyl sites for hydroxylation is 1. The van der Waals surface area contributed by atoms with E-state index in [4.69, 9.17) is 5.73 Å². The molecule has 0 unspecified atom stereocenters. The van der Waals surface area contributed by atoms with E-state index < -0.39 is 0 Å². The lowest BCUT2D eigenvalue weighted by Gasteiger charge is -2.25. The number of unbranched alkanes of at least 4 members (excludes halogenated alkanes) is 2. The first kappa shape index (κ1) is 16.5. The summed E-state index contributed by atoms with van der Waals surface area (Å²) in [6.07, 6.45) is 4.85. The molecule has 0 aliphatic carbocycles. The highest BCUT2D eigenvalue weighted by Gasteiger charge is 2.19. The number of rotatable bonds is 7. The van der Waals surface area contributed by atoms with Crippen molar-refractivity contribution < 1.29 is 4.79 Å². The Morgan fingerprint density at radius 3 is 2.60 bits per heavy atom. The van der Waals surface area contributed by atoms with Crippen LogP contribution >= 0.6 is 0 Å². The minimum atomic E-state index is -0.00827. The molecule has 112 valence electrons. The molecule has 3 heteroatoms. The van der Waals surface area contributed by atoms with Gasteiger partial charge >= 0.3 is 0 Å². The average molecular weight is 276 g/mol. The number of amides is 1. The zero-order chi connectivity index (χ0) is 15.2. The van der Waals surface area contributed by atoms with Gasteiger partial charge in [0.15, 0.2) is 0 Å². The molecule has 0 radical (unpaired) electrons. The smallest absolute Gasteiger partial charge is 0.251 e. The molecule has 0 saturated carbocycles. The molecule has 0 fully saturated rings. The summed E-state index contributed by atoms with van der Waals surface area (Å²) >= 11 is 0. The van der Waals surface area contributed by atoms with Gasteiger partial charge in [0.25, 0.3) is 5.91 Å². The van der Waals surface area contributed by atoms with E-state index in [0.29, 0.717) is 17.8 Å². The molecule has 1 amide bonds. The van der Waals surface area contributed by atoms with Crippen molar-refractivity contribution in [2.45, 2.75) is 53.4 Å². The van der Waals surface area contributed by atoms with Gasteiger partial charge in [-0.1, -0.05) is 40.0 Å². The normalized spacial score (nSPS) is 11.4. The number of carbonyl (C=O) groups is 1. The van der Waals surface area contributed by atoms with Gasteiger partial charge in [-0.3, -0.25) is 4.79 Å². The minimum absolute atomic E-state index is 0.00827. The number of benzene rings is 1. The molecule has 0 atom stereocenters. The number of nitrogen functional groups attached to an aromatic ring is 1. The van der Waals surface area contributed by atoms with Crippen LogP contribution in [0.2, 0.25) is 0 Å². The standard InChI is InChI=1S/C17H28N2O/c1-5-6-7-10-17(3,4)12-19-16(20)15-9-8-14(18)11-13(15)2/h8-9,11H,5-7,10,12,18H2,1-4H3,(H,19,20). The fourth-order valence-corrected chi connectivity index (χ4v) is 2.30. The molecule has 3 N–H and O–H groups in total. The zero-order valence-electron chi connectivity index (χ0n) is 13.3. The van der Waals surface area contributed by atoms with Gasteiger partial charge in [0.2, 0.25) is 0 Å². The van der Waals surface area contributed by atoms with Gasteiger partial charge < -0.3 is 11.1 Å². The molecule has 0 aromatic heterocycles. The third-order valence-corrected chi connectivity index (χ3v) is 3.68. The summed E-state index contributed by atoms with van der Waals surface area (Å²) in [5.74, 6) is -0.00827. The SMILES string of the molecule is CCCCCC(C)(C)CNC(=O)c1ccc(N)cc1C. The van der Waals surface area contributed by atoms with Crippen molar-refractivity contribution in [2.75, 3.05) is 12.3 Å². The Hall–Kier alpha value is -1.51. The van der Waals surface area contributed by atoms with Gasteiger partial charge in [0.1, 0.15) is 0 Å². The van der Waals surface area contributed by atoms with Crippen LogP contribution in [0.3, 0.4) is 0 Å². The molecule has 1 rings (SSSR count). The summed E-state index contributed by atoms with van der Waals surface area (Å²) in [7, 11) is 0. The van der Waals surface area contributed by atoms with E-state index in [9.17, 15) is 4.79 Å².